The topological polar surface area (TPSA) is 20.2 Å². The van der Waals surface area contributed by atoms with E-state index in [9.17, 15) is 5.11 Å². The second-order valence-corrected chi connectivity index (χ2v) is 10.3. The summed E-state index contributed by atoms with van der Waals surface area (Å²) in [5, 5.41) is 9.62. The van der Waals surface area contributed by atoms with Crippen molar-refractivity contribution < 1.29 is 5.11 Å². The molecule has 2 heteroatoms. The molecule has 13 heavy (non-hydrogen) atoms. The summed E-state index contributed by atoms with van der Waals surface area (Å²) in [5.74, 6) is 0.452. The van der Waals surface area contributed by atoms with E-state index < -0.39 is 8.07 Å². The van der Waals surface area contributed by atoms with Crippen molar-refractivity contribution in [2.75, 3.05) is 0 Å². The molecule has 0 bridgehead atoms. The first-order chi connectivity index (χ1) is 5.88. The average Bonchev–Trinajstić information content (AvgIpc) is 1.94. The highest BCUT2D eigenvalue weighted by molar-refractivity contribution is 6.75. The van der Waals surface area contributed by atoms with Gasteiger partial charge in [0.25, 0.3) is 0 Å². The van der Waals surface area contributed by atoms with Crippen molar-refractivity contribution in [1.82, 2.24) is 0 Å². The number of benzene rings is 1. The summed E-state index contributed by atoms with van der Waals surface area (Å²) in [7, 11) is -1.11. The van der Waals surface area contributed by atoms with E-state index in [2.05, 4.69) is 32.6 Å². The molecular formula is C11H18OSi. The van der Waals surface area contributed by atoms with Crippen LogP contribution in [0.3, 0.4) is 0 Å². The summed E-state index contributed by atoms with van der Waals surface area (Å²) in [4.78, 5) is 0. The lowest BCUT2D eigenvalue weighted by Crippen LogP contribution is -2.23. The van der Waals surface area contributed by atoms with Gasteiger partial charge in [-0.3, -0.25) is 0 Å². The van der Waals surface area contributed by atoms with Crippen LogP contribution in [-0.2, 0) is 6.04 Å². The maximum absolute atomic E-state index is 9.62. The van der Waals surface area contributed by atoms with E-state index in [1.165, 1.54) is 5.56 Å². The van der Waals surface area contributed by atoms with Crippen LogP contribution in [0, 0.1) is 6.92 Å². The number of aromatic hydroxyl groups is 1. The van der Waals surface area contributed by atoms with Crippen LogP contribution in [0.15, 0.2) is 18.2 Å². The molecule has 0 spiro atoms. The van der Waals surface area contributed by atoms with Crippen molar-refractivity contribution in [2.24, 2.45) is 0 Å². The van der Waals surface area contributed by atoms with Crippen molar-refractivity contribution in [3.8, 4) is 5.75 Å². The fraction of sp³-hybridized carbons (Fsp3) is 0.455. The molecule has 0 saturated heterocycles. The van der Waals surface area contributed by atoms with Gasteiger partial charge >= 0.3 is 0 Å². The third-order valence-corrected chi connectivity index (χ3v) is 3.40. The van der Waals surface area contributed by atoms with E-state index >= 15 is 0 Å². The van der Waals surface area contributed by atoms with Gasteiger partial charge in [0.05, 0.1) is 0 Å². The molecule has 0 aliphatic heterocycles. The monoisotopic (exact) mass is 194 g/mol. The van der Waals surface area contributed by atoms with Crippen LogP contribution in [0.4, 0.5) is 0 Å². The lowest BCUT2D eigenvalue weighted by molar-refractivity contribution is 0.470. The normalized spacial score (nSPS) is 11.7. The Morgan fingerprint density at radius 2 is 1.85 bits per heavy atom. The summed E-state index contributed by atoms with van der Waals surface area (Å²) in [6.45, 7) is 9.01. The molecule has 0 aliphatic carbocycles. The van der Waals surface area contributed by atoms with Crippen molar-refractivity contribution in [3.63, 3.8) is 0 Å². The van der Waals surface area contributed by atoms with Gasteiger partial charge in [0.1, 0.15) is 5.75 Å². The summed E-state index contributed by atoms with van der Waals surface area (Å²) < 4.78 is 0. The Hall–Kier alpha value is -0.763. The lowest BCUT2D eigenvalue weighted by Gasteiger charge is -2.16. The highest BCUT2D eigenvalue weighted by atomic mass is 28.3. The molecule has 1 aromatic carbocycles. The van der Waals surface area contributed by atoms with Gasteiger partial charge < -0.3 is 5.11 Å². The van der Waals surface area contributed by atoms with E-state index in [4.69, 9.17) is 0 Å². The number of phenols is 1. The molecule has 0 atom stereocenters. The SMILES string of the molecule is Cc1ccc(O)c(C[Si](C)(C)C)c1. The summed E-state index contributed by atoms with van der Waals surface area (Å²) in [5.41, 5.74) is 2.34. The van der Waals surface area contributed by atoms with Gasteiger partial charge in [-0.15, -0.1) is 0 Å². The molecule has 0 amide bonds. The molecule has 0 radical (unpaired) electrons. The smallest absolute Gasteiger partial charge is 0.118 e. The Morgan fingerprint density at radius 3 is 2.38 bits per heavy atom. The fourth-order valence-electron chi connectivity index (χ4n) is 1.43. The van der Waals surface area contributed by atoms with Crippen LogP contribution in [0.5, 0.6) is 5.75 Å². The Morgan fingerprint density at radius 1 is 1.23 bits per heavy atom. The molecule has 1 nitrogen and oxygen atoms in total. The van der Waals surface area contributed by atoms with Gasteiger partial charge in [0.2, 0.25) is 0 Å². The largest absolute Gasteiger partial charge is 0.508 e. The minimum atomic E-state index is -1.11. The van der Waals surface area contributed by atoms with Crippen molar-refractivity contribution in [2.45, 2.75) is 32.6 Å². The summed E-state index contributed by atoms with van der Waals surface area (Å²) in [6.07, 6.45) is 0. The first-order valence-corrected chi connectivity index (χ1v) is 8.38. The van der Waals surface area contributed by atoms with E-state index in [1.807, 2.05) is 6.07 Å². The van der Waals surface area contributed by atoms with E-state index in [0.29, 0.717) is 5.75 Å². The maximum Gasteiger partial charge on any atom is 0.118 e. The molecule has 0 aromatic heterocycles. The standard InChI is InChI=1S/C11H18OSi/c1-9-5-6-11(12)10(7-9)8-13(2,3)4/h5-7,12H,8H2,1-4H3. The molecule has 0 heterocycles. The lowest BCUT2D eigenvalue weighted by atomic mass is 10.1. The molecule has 72 valence electrons. The Labute approximate surface area is 81.4 Å². The first-order valence-electron chi connectivity index (χ1n) is 4.67. The van der Waals surface area contributed by atoms with Crippen LogP contribution < -0.4 is 0 Å². The highest BCUT2D eigenvalue weighted by Crippen LogP contribution is 2.22. The van der Waals surface area contributed by atoms with Crippen molar-refractivity contribution in [3.05, 3.63) is 29.3 Å². The Balaban J connectivity index is 2.94. The molecular weight excluding hydrogens is 176 g/mol. The number of hydrogen-bond donors (Lipinski definition) is 1. The van der Waals surface area contributed by atoms with Crippen LogP contribution >= 0.6 is 0 Å². The zero-order valence-electron chi connectivity index (χ0n) is 8.89. The minimum absolute atomic E-state index is 0.452. The van der Waals surface area contributed by atoms with Gasteiger partial charge in [0.15, 0.2) is 0 Å². The van der Waals surface area contributed by atoms with Crippen molar-refractivity contribution in [1.29, 1.82) is 0 Å². The van der Waals surface area contributed by atoms with Crippen molar-refractivity contribution >= 4 is 8.07 Å². The van der Waals surface area contributed by atoms with Gasteiger partial charge in [-0.2, -0.15) is 0 Å². The van der Waals surface area contributed by atoms with Gasteiger partial charge in [0, 0.05) is 8.07 Å². The highest BCUT2D eigenvalue weighted by Gasteiger charge is 2.15. The first kappa shape index (κ1) is 10.3. The van der Waals surface area contributed by atoms with Crippen LogP contribution in [0.25, 0.3) is 0 Å². The predicted octanol–water partition coefficient (Wildman–Crippen LogP) is 3.12. The van der Waals surface area contributed by atoms with Gasteiger partial charge in [-0.05, 0) is 24.6 Å². The van der Waals surface area contributed by atoms with E-state index in [-0.39, 0.29) is 0 Å². The Kier molecular flexibility index (Phi) is 2.81. The third-order valence-electron chi connectivity index (χ3n) is 1.96. The summed E-state index contributed by atoms with van der Waals surface area (Å²) in [6, 6.07) is 6.89. The van der Waals surface area contributed by atoms with Gasteiger partial charge in [-0.1, -0.05) is 37.3 Å². The zero-order valence-corrected chi connectivity index (χ0v) is 9.89. The third kappa shape index (κ3) is 3.23. The minimum Gasteiger partial charge on any atom is -0.508 e. The number of hydrogen-bond acceptors (Lipinski definition) is 1. The molecule has 0 unspecified atom stereocenters. The molecule has 0 aliphatic rings. The fourth-order valence-corrected chi connectivity index (χ4v) is 2.85. The number of phenolic OH excluding ortho intramolecular Hbond substituents is 1. The molecule has 0 fully saturated rings. The predicted molar refractivity (Wildman–Crippen MR) is 59.9 cm³/mol. The number of rotatable bonds is 2. The molecule has 1 aromatic rings. The van der Waals surface area contributed by atoms with E-state index in [0.717, 1.165) is 11.6 Å². The quantitative estimate of drug-likeness (QED) is 0.717. The molecule has 1 N–H and O–H groups in total. The zero-order chi connectivity index (χ0) is 10.1. The second kappa shape index (κ2) is 3.54. The molecule has 1 rings (SSSR count). The van der Waals surface area contributed by atoms with Crippen LogP contribution in [0.1, 0.15) is 11.1 Å². The Bertz CT molecular complexity index is 299. The number of aryl methyl sites for hydroxylation is 1. The second-order valence-electron chi connectivity index (χ2n) is 4.87. The van der Waals surface area contributed by atoms with E-state index in [1.54, 1.807) is 6.07 Å². The average molecular weight is 194 g/mol. The maximum atomic E-state index is 9.62. The molecule has 0 saturated carbocycles. The van der Waals surface area contributed by atoms with Crippen LogP contribution in [-0.4, -0.2) is 13.2 Å². The summed E-state index contributed by atoms with van der Waals surface area (Å²) >= 11 is 0. The van der Waals surface area contributed by atoms with Crippen LogP contribution in [0.2, 0.25) is 19.6 Å². The van der Waals surface area contributed by atoms with Gasteiger partial charge in [-0.25, -0.2) is 0 Å².